The molecule has 0 spiro atoms. The summed E-state index contributed by atoms with van der Waals surface area (Å²) in [6.45, 7) is 3.66. The van der Waals surface area contributed by atoms with Gasteiger partial charge in [-0.1, -0.05) is 6.42 Å². The number of carbonyl (C=O) groups is 1. The topological polar surface area (TPSA) is 93.2 Å². The quantitative estimate of drug-likeness (QED) is 0.809. The van der Waals surface area contributed by atoms with Crippen LogP contribution < -0.4 is 10.6 Å². The average molecular weight is 416 g/mol. The molecule has 2 fully saturated rings. The lowest BCUT2D eigenvalue weighted by molar-refractivity contribution is -0.136. The second-order valence-electron chi connectivity index (χ2n) is 7.05. The van der Waals surface area contributed by atoms with Crippen molar-refractivity contribution in [2.75, 3.05) is 37.6 Å². The Hall–Kier alpha value is -1.64. The van der Waals surface area contributed by atoms with Gasteiger partial charge in [-0.3, -0.25) is 9.48 Å². The standard InChI is InChI=1S/C17H25N7O.2ClH/c1-22-15-14(10-21-22)16(20-11-19-15)23-5-7-24(8-6-23)17(25)13-4-2-3-12(13)9-18;;/h10-13H,2-9,18H2,1H3;2*1H/t12-,13-;;/m1../s1. The van der Waals surface area contributed by atoms with Gasteiger partial charge in [0.25, 0.3) is 0 Å². The van der Waals surface area contributed by atoms with Gasteiger partial charge in [-0.2, -0.15) is 5.10 Å². The van der Waals surface area contributed by atoms with Crippen LogP contribution in [0.25, 0.3) is 11.0 Å². The summed E-state index contributed by atoms with van der Waals surface area (Å²) in [5, 5.41) is 5.24. The number of carbonyl (C=O) groups excluding carboxylic acids is 1. The summed E-state index contributed by atoms with van der Waals surface area (Å²) in [6, 6.07) is 0. The summed E-state index contributed by atoms with van der Waals surface area (Å²) in [4.78, 5) is 25.8. The third kappa shape index (κ3) is 3.97. The van der Waals surface area contributed by atoms with E-state index in [9.17, 15) is 4.79 Å². The number of hydrogen-bond acceptors (Lipinski definition) is 6. The fourth-order valence-corrected chi connectivity index (χ4v) is 4.22. The first-order valence-corrected chi connectivity index (χ1v) is 9.05. The molecule has 1 aliphatic heterocycles. The van der Waals surface area contributed by atoms with Gasteiger partial charge in [-0.25, -0.2) is 9.97 Å². The number of fused-ring (bicyclic) bond motifs is 1. The first-order valence-electron chi connectivity index (χ1n) is 9.05. The number of nitrogens with zero attached hydrogens (tertiary/aromatic N) is 6. The maximum Gasteiger partial charge on any atom is 0.226 e. The molecular formula is C17H27Cl2N7O. The van der Waals surface area contributed by atoms with Crippen LogP contribution in [0.1, 0.15) is 19.3 Å². The minimum absolute atomic E-state index is 0. The number of anilines is 1. The molecule has 2 aromatic heterocycles. The van der Waals surface area contributed by atoms with Crippen LogP contribution in [-0.4, -0.2) is 63.3 Å². The molecule has 10 heteroatoms. The number of piperazine rings is 1. The number of halogens is 2. The van der Waals surface area contributed by atoms with E-state index >= 15 is 0 Å². The predicted octanol–water partition coefficient (Wildman–Crippen LogP) is 1.23. The number of aromatic nitrogens is 4. The molecule has 2 aliphatic rings. The highest BCUT2D eigenvalue weighted by molar-refractivity contribution is 5.87. The fraction of sp³-hybridized carbons (Fsp3) is 0.647. The molecule has 4 rings (SSSR count). The summed E-state index contributed by atoms with van der Waals surface area (Å²) < 4.78 is 1.76. The van der Waals surface area contributed by atoms with Crippen LogP contribution in [0.4, 0.5) is 5.82 Å². The first kappa shape index (κ1) is 21.7. The SMILES string of the molecule is Cl.Cl.Cn1ncc2c(N3CCN(C(=O)[C@@H]4CCC[C@@H]4CN)CC3)ncnc21. The Morgan fingerprint density at radius 3 is 2.63 bits per heavy atom. The van der Waals surface area contributed by atoms with Gasteiger partial charge in [0.15, 0.2) is 5.65 Å². The van der Waals surface area contributed by atoms with Crippen molar-refractivity contribution in [3.63, 3.8) is 0 Å². The number of rotatable bonds is 3. The summed E-state index contributed by atoms with van der Waals surface area (Å²) in [5.74, 6) is 1.69. The van der Waals surface area contributed by atoms with Crippen molar-refractivity contribution in [3.8, 4) is 0 Å². The van der Waals surface area contributed by atoms with Crippen molar-refractivity contribution in [2.24, 2.45) is 24.6 Å². The highest BCUT2D eigenvalue weighted by Crippen LogP contribution is 2.33. The van der Waals surface area contributed by atoms with Crippen LogP contribution in [0, 0.1) is 11.8 Å². The Labute approximate surface area is 171 Å². The monoisotopic (exact) mass is 415 g/mol. The molecule has 1 saturated carbocycles. The van der Waals surface area contributed by atoms with E-state index in [0.29, 0.717) is 18.4 Å². The van der Waals surface area contributed by atoms with Gasteiger partial charge in [0.2, 0.25) is 5.91 Å². The average Bonchev–Trinajstić information content (AvgIpc) is 3.28. The van der Waals surface area contributed by atoms with Crippen LogP contribution in [0.5, 0.6) is 0 Å². The molecule has 0 bridgehead atoms. The lowest BCUT2D eigenvalue weighted by Crippen LogP contribution is -2.51. The molecule has 1 saturated heterocycles. The van der Waals surface area contributed by atoms with Crippen LogP contribution in [-0.2, 0) is 11.8 Å². The van der Waals surface area contributed by atoms with Gasteiger partial charge in [0, 0.05) is 39.1 Å². The van der Waals surface area contributed by atoms with Gasteiger partial charge in [0.1, 0.15) is 12.1 Å². The second kappa shape index (κ2) is 9.03. The second-order valence-corrected chi connectivity index (χ2v) is 7.05. The molecule has 0 unspecified atom stereocenters. The van der Waals surface area contributed by atoms with E-state index in [-0.39, 0.29) is 30.7 Å². The van der Waals surface area contributed by atoms with Gasteiger partial charge in [0.05, 0.1) is 11.6 Å². The number of nitrogens with two attached hydrogens (primary N) is 1. The van der Waals surface area contributed by atoms with E-state index < -0.39 is 0 Å². The number of hydrogen-bond donors (Lipinski definition) is 1. The van der Waals surface area contributed by atoms with E-state index in [1.165, 1.54) is 0 Å². The molecule has 0 radical (unpaired) electrons. The Morgan fingerprint density at radius 2 is 1.93 bits per heavy atom. The van der Waals surface area contributed by atoms with Crippen molar-refractivity contribution in [1.82, 2.24) is 24.6 Å². The summed E-state index contributed by atoms with van der Waals surface area (Å²) >= 11 is 0. The Kier molecular flexibility index (Phi) is 7.25. The summed E-state index contributed by atoms with van der Waals surface area (Å²) in [5.41, 5.74) is 6.68. The number of amides is 1. The molecule has 1 amide bonds. The van der Waals surface area contributed by atoms with Crippen molar-refractivity contribution >= 4 is 47.6 Å². The molecule has 0 aromatic carbocycles. The van der Waals surface area contributed by atoms with Crippen molar-refractivity contribution in [2.45, 2.75) is 19.3 Å². The zero-order valence-corrected chi connectivity index (χ0v) is 17.1. The normalized spacial score (nSPS) is 22.4. The highest BCUT2D eigenvalue weighted by Gasteiger charge is 2.35. The molecule has 2 atom stereocenters. The van der Waals surface area contributed by atoms with Gasteiger partial charge < -0.3 is 15.5 Å². The maximum absolute atomic E-state index is 12.8. The van der Waals surface area contributed by atoms with Crippen LogP contribution in [0.2, 0.25) is 0 Å². The predicted molar refractivity (Wildman–Crippen MR) is 109 cm³/mol. The Morgan fingerprint density at radius 1 is 1.19 bits per heavy atom. The third-order valence-corrected chi connectivity index (χ3v) is 5.68. The zero-order chi connectivity index (χ0) is 17.4. The summed E-state index contributed by atoms with van der Waals surface area (Å²) in [6.07, 6.45) is 6.60. The molecule has 3 heterocycles. The van der Waals surface area contributed by atoms with Crippen LogP contribution in [0.3, 0.4) is 0 Å². The highest BCUT2D eigenvalue weighted by atomic mass is 35.5. The van der Waals surface area contributed by atoms with Crippen molar-refractivity contribution in [1.29, 1.82) is 0 Å². The van der Waals surface area contributed by atoms with E-state index in [1.807, 2.05) is 18.1 Å². The zero-order valence-electron chi connectivity index (χ0n) is 15.5. The van der Waals surface area contributed by atoms with Gasteiger partial charge in [-0.05, 0) is 25.3 Å². The van der Waals surface area contributed by atoms with E-state index in [0.717, 1.165) is 62.3 Å². The minimum atomic E-state index is 0. The molecule has 1 aliphatic carbocycles. The fourth-order valence-electron chi connectivity index (χ4n) is 4.22. The first-order chi connectivity index (χ1) is 12.2. The summed E-state index contributed by atoms with van der Waals surface area (Å²) in [7, 11) is 1.88. The smallest absolute Gasteiger partial charge is 0.226 e. The molecule has 27 heavy (non-hydrogen) atoms. The van der Waals surface area contributed by atoms with Crippen LogP contribution in [0.15, 0.2) is 12.5 Å². The third-order valence-electron chi connectivity index (χ3n) is 5.68. The van der Waals surface area contributed by atoms with E-state index in [4.69, 9.17) is 5.73 Å². The molecule has 150 valence electrons. The van der Waals surface area contributed by atoms with Gasteiger partial charge in [-0.15, -0.1) is 24.8 Å². The maximum atomic E-state index is 12.8. The molecule has 2 N–H and O–H groups in total. The number of aryl methyl sites for hydroxylation is 1. The van der Waals surface area contributed by atoms with Crippen molar-refractivity contribution < 1.29 is 4.79 Å². The van der Waals surface area contributed by atoms with Crippen molar-refractivity contribution in [3.05, 3.63) is 12.5 Å². The van der Waals surface area contributed by atoms with E-state index in [2.05, 4.69) is 20.0 Å². The molecular weight excluding hydrogens is 389 g/mol. The lowest BCUT2D eigenvalue weighted by atomic mass is 9.94. The molecule has 8 nitrogen and oxygen atoms in total. The van der Waals surface area contributed by atoms with E-state index in [1.54, 1.807) is 11.0 Å². The minimum Gasteiger partial charge on any atom is -0.352 e. The Bertz CT molecular complexity index is 776. The molecule has 2 aromatic rings. The largest absolute Gasteiger partial charge is 0.352 e. The Balaban J connectivity index is 0.00000131. The van der Waals surface area contributed by atoms with Gasteiger partial charge >= 0.3 is 0 Å². The van der Waals surface area contributed by atoms with Crippen LogP contribution >= 0.6 is 24.8 Å². The lowest BCUT2D eigenvalue weighted by Gasteiger charge is -2.37.